The molecule has 3 rings (SSSR count). The average Bonchev–Trinajstić information content (AvgIpc) is 2.81. The van der Waals surface area contributed by atoms with Crippen LogP contribution in [0.25, 0.3) is 0 Å². The minimum atomic E-state index is -4.76. The van der Waals surface area contributed by atoms with Gasteiger partial charge in [-0.05, 0) is 56.7 Å². The third kappa shape index (κ3) is 3.42. The van der Waals surface area contributed by atoms with Crippen molar-refractivity contribution in [1.29, 1.82) is 5.26 Å². The van der Waals surface area contributed by atoms with Crippen molar-refractivity contribution < 1.29 is 22.4 Å². The van der Waals surface area contributed by atoms with Crippen molar-refractivity contribution in [3.05, 3.63) is 58.9 Å². The molecule has 4 nitrogen and oxygen atoms in total. The van der Waals surface area contributed by atoms with Gasteiger partial charge >= 0.3 is 6.18 Å². The molecular weight excluding hydrogens is 406 g/mol. The van der Waals surface area contributed by atoms with Crippen molar-refractivity contribution in [3.63, 3.8) is 0 Å². The Morgan fingerprint density at radius 3 is 2.31 bits per heavy atom. The highest BCUT2D eigenvalue weighted by Gasteiger charge is 2.51. The van der Waals surface area contributed by atoms with E-state index in [1.54, 1.807) is 32.9 Å². The molecule has 1 fully saturated rings. The molecule has 1 heterocycles. The normalized spacial score (nSPS) is 18.9. The van der Waals surface area contributed by atoms with Crippen LogP contribution < -0.4 is 9.80 Å². The van der Waals surface area contributed by atoms with E-state index < -0.39 is 40.1 Å². The lowest BCUT2D eigenvalue weighted by Crippen LogP contribution is -2.45. The van der Waals surface area contributed by atoms with Crippen LogP contribution in [0.5, 0.6) is 0 Å². The summed E-state index contributed by atoms with van der Waals surface area (Å²) in [6, 6.07) is 9.00. The maximum atomic E-state index is 14.1. The fraction of sp³-hybridized carbons (Fsp3) is 0.300. The number of alkyl halides is 3. The zero-order valence-electron chi connectivity index (χ0n) is 15.8. The van der Waals surface area contributed by atoms with Crippen molar-refractivity contribution in [1.82, 2.24) is 0 Å². The van der Waals surface area contributed by atoms with Gasteiger partial charge in [0.15, 0.2) is 5.50 Å². The molecule has 1 atom stereocenters. The standard InChI is InChI=1S/C20H17F4N3OS/c1-11-4-6-14(9-16(11)21)27-18(29)26(17(28)19(27,2)3)13-7-5-12(10-25)15(8-13)20(22,23)24/h4-9,18,29H,1-3H3. The zero-order valence-corrected chi connectivity index (χ0v) is 16.6. The molecule has 1 aliphatic rings. The molecule has 2 aromatic carbocycles. The summed E-state index contributed by atoms with van der Waals surface area (Å²) in [6.45, 7) is 4.77. The number of carbonyl (C=O) groups excluding carboxylic acids is 1. The van der Waals surface area contributed by atoms with Gasteiger partial charge < -0.3 is 4.90 Å². The highest BCUT2D eigenvalue weighted by molar-refractivity contribution is 7.81. The molecule has 0 bridgehead atoms. The van der Waals surface area contributed by atoms with Gasteiger partial charge in [0.25, 0.3) is 5.91 Å². The van der Waals surface area contributed by atoms with Gasteiger partial charge in [0.2, 0.25) is 0 Å². The summed E-state index contributed by atoms with van der Waals surface area (Å²) < 4.78 is 54.1. The second kappa shape index (κ2) is 6.95. The topological polar surface area (TPSA) is 47.3 Å². The maximum absolute atomic E-state index is 14.1. The van der Waals surface area contributed by atoms with Crippen LogP contribution in [0.3, 0.4) is 0 Å². The van der Waals surface area contributed by atoms with Crippen LogP contribution in [-0.4, -0.2) is 16.9 Å². The molecule has 1 saturated heterocycles. The average molecular weight is 423 g/mol. The Morgan fingerprint density at radius 1 is 1.14 bits per heavy atom. The van der Waals surface area contributed by atoms with Crippen LogP contribution in [0.2, 0.25) is 0 Å². The number of nitriles is 1. The Balaban J connectivity index is 2.11. The number of amides is 1. The van der Waals surface area contributed by atoms with E-state index in [-0.39, 0.29) is 5.69 Å². The number of aryl methyl sites for hydroxylation is 1. The molecule has 29 heavy (non-hydrogen) atoms. The van der Waals surface area contributed by atoms with Crippen molar-refractivity contribution in [2.24, 2.45) is 0 Å². The van der Waals surface area contributed by atoms with Gasteiger partial charge in [-0.15, -0.1) is 12.6 Å². The Hall–Kier alpha value is -2.73. The van der Waals surface area contributed by atoms with E-state index in [1.807, 2.05) is 0 Å². The van der Waals surface area contributed by atoms with Crippen LogP contribution in [-0.2, 0) is 11.0 Å². The third-order valence-electron chi connectivity index (χ3n) is 4.95. The van der Waals surface area contributed by atoms with Gasteiger partial charge in [-0.2, -0.15) is 18.4 Å². The van der Waals surface area contributed by atoms with E-state index in [1.165, 1.54) is 23.1 Å². The fourth-order valence-corrected chi connectivity index (χ4v) is 4.02. The number of anilines is 2. The molecule has 0 aliphatic carbocycles. The molecule has 0 spiro atoms. The van der Waals surface area contributed by atoms with Crippen LogP contribution in [0.1, 0.15) is 30.5 Å². The van der Waals surface area contributed by atoms with E-state index in [0.29, 0.717) is 11.3 Å². The summed E-state index contributed by atoms with van der Waals surface area (Å²) in [7, 11) is 0. The molecule has 1 aliphatic heterocycles. The number of nitrogens with zero attached hydrogens (tertiary/aromatic N) is 3. The largest absolute Gasteiger partial charge is 0.417 e. The maximum Gasteiger partial charge on any atom is 0.417 e. The molecule has 0 aromatic heterocycles. The molecule has 152 valence electrons. The summed E-state index contributed by atoms with van der Waals surface area (Å²) in [5, 5.41) is 8.97. The summed E-state index contributed by atoms with van der Waals surface area (Å²) in [6.07, 6.45) is -4.76. The first-order chi connectivity index (χ1) is 13.4. The van der Waals surface area contributed by atoms with Crippen LogP contribution in [0.15, 0.2) is 36.4 Å². The Kier molecular flexibility index (Phi) is 5.03. The number of halogens is 4. The van der Waals surface area contributed by atoms with Crippen molar-refractivity contribution in [2.75, 3.05) is 9.80 Å². The Labute approximate surface area is 170 Å². The number of rotatable bonds is 2. The predicted octanol–water partition coefficient (Wildman–Crippen LogP) is 4.87. The summed E-state index contributed by atoms with van der Waals surface area (Å²) in [4.78, 5) is 15.7. The van der Waals surface area contributed by atoms with Gasteiger partial charge in [-0.1, -0.05) is 6.07 Å². The Bertz CT molecular complexity index is 1030. The minimum Gasteiger partial charge on any atom is -0.328 e. The molecule has 0 N–H and O–H groups in total. The van der Waals surface area contributed by atoms with E-state index in [2.05, 4.69) is 12.6 Å². The first kappa shape index (κ1) is 21.0. The zero-order chi connectivity index (χ0) is 21.7. The van der Waals surface area contributed by atoms with Gasteiger partial charge in [-0.25, -0.2) is 4.39 Å². The first-order valence-electron chi connectivity index (χ1n) is 8.58. The summed E-state index contributed by atoms with van der Waals surface area (Å²) in [5.74, 6) is -0.973. The molecule has 1 unspecified atom stereocenters. The number of benzene rings is 2. The van der Waals surface area contributed by atoms with Crippen LogP contribution in [0.4, 0.5) is 28.9 Å². The van der Waals surface area contributed by atoms with Gasteiger partial charge in [0.05, 0.1) is 17.2 Å². The van der Waals surface area contributed by atoms with E-state index in [0.717, 1.165) is 17.0 Å². The second-order valence-electron chi connectivity index (χ2n) is 7.22. The number of hydrogen-bond acceptors (Lipinski definition) is 4. The van der Waals surface area contributed by atoms with Gasteiger partial charge in [0, 0.05) is 11.4 Å². The smallest absolute Gasteiger partial charge is 0.328 e. The third-order valence-corrected chi connectivity index (χ3v) is 5.41. The monoisotopic (exact) mass is 423 g/mol. The molecule has 2 aromatic rings. The summed E-state index contributed by atoms with van der Waals surface area (Å²) >= 11 is 4.46. The lowest BCUT2D eigenvalue weighted by atomic mass is 10.0. The minimum absolute atomic E-state index is 0.0514. The van der Waals surface area contributed by atoms with Crippen molar-refractivity contribution in [2.45, 2.75) is 38.0 Å². The highest BCUT2D eigenvalue weighted by atomic mass is 32.1. The van der Waals surface area contributed by atoms with E-state index in [4.69, 9.17) is 5.26 Å². The Morgan fingerprint density at radius 2 is 1.76 bits per heavy atom. The van der Waals surface area contributed by atoms with Crippen molar-refractivity contribution >= 4 is 29.9 Å². The first-order valence-corrected chi connectivity index (χ1v) is 9.10. The van der Waals surface area contributed by atoms with Crippen LogP contribution >= 0.6 is 12.6 Å². The van der Waals surface area contributed by atoms with E-state index in [9.17, 15) is 22.4 Å². The fourth-order valence-electron chi connectivity index (χ4n) is 3.36. The molecule has 0 radical (unpaired) electrons. The van der Waals surface area contributed by atoms with E-state index >= 15 is 0 Å². The van der Waals surface area contributed by atoms with Gasteiger partial charge in [-0.3, -0.25) is 9.69 Å². The summed E-state index contributed by atoms with van der Waals surface area (Å²) in [5.41, 5.74) is -3.10. The molecule has 1 amide bonds. The lowest BCUT2D eigenvalue weighted by Gasteiger charge is -2.33. The molecule has 9 heteroatoms. The second-order valence-corrected chi connectivity index (χ2v) is 7.69. The predicted molar refractivity (Wildman–Crippen MR) is 104 cm³/mol. The van der Waals surface area contributed by atoms with Crippen LogP contribution in [0, 0.1) is 24.1 Å². The van der Waals surface area contributed by atoms with Crippen molar-refractivity contribution in [3.8, 4) is 6.07 Å². The molecule has 0 saturated carbocycles. The lowest BCUT2D eigenvalue weighted by molar-refractivity contribution is -0.137. The number of hydrogen-bond donors (Lipinski definition) is 1. The van der Waals surface area contributed by atoms with Gasteiger partial charge in [0.1, 0.15) is 11.4 Å². The number of carbonyl (C=O) groups is 1. The SMILES string of the molecule is Cc1ccc(N2C(S)N(c3ccc(C#N)c(C(F)(F)F)c3)C(=O)C2(C)C)cc1F. The molecular formula is C20H17F4N3OS. The number of thiol groups is 1. The quantitative estimate of drug-likeness (QED) is 0.554. The highest BCUT2D eigenvalue weighted by Crippen LogP contribution is 2.42.